The molecule has 0 saturated carbocycles. The summed E-state index contributed by atoms with van der Waals surface area (Å²) >= 11 is 0. The van der Waals surface area contributed by atoms with E-state index >= 15 is 0 Å². The molecular weight excluding hydrogens is 328 g/mol. The summed E-state index contributed by atoms with van der Waals surface area (Å²) in [6.07, 6.45) is 1.90. The highest BCUT2D eigenvalue weighted by molar-refractivity contribution is 6.03. The number of fused-ring (bicyclic) bond motifs is 3. The van der Waals surface area contributed by atoms with Crippen LogP contribution in [0.4, 0.5) is 22.0 Å². The summed E-state index contributed by atoms with van der Waals surface area (Å²) in [5.74, 6) is 0.543. The minimum atomic E-state index is -0.218. The number of hydrogen-bond acceptors (Lipinski definition) is 5. The minimum absolute atomic E-state index is 0.115. The van der Waals surface area contributed by atoms with Gasteiger partial charge in [0, 0.05) is 24.0 Å². The number of unbranched alkanes of at least 4 members (excludes halogenated alkanes) is 1. The lowest BCUT2D eigenvalue weighted by Crippen LogP contribution is -2.46. The molecular formula is C19H28N6O. The Morgan fingerprint density at radius 3 is 2.85 bits per heavy atom. The maximum atomic E-state index is 11.8. The third kappa shape index (κ3) is 4.09. The number of benzene rings is 1. The molecule has 0 unspecified atom stereocenters. The van der Waals surface area contributed by atoms with Gasteiger partial charge in [0.05, 0.1) is 17.9 Å². The van der Waals surface area contributed by atoms with Gasteiger partial charge in [0.15, 0.2) is 0 Å². The van der Waals surface area contributed by atoms with Crippen molar-refractivity contribution in [3.05, 3.63) is 24.3 Å². The van der Waals surface area contributed by atoms with Gasteiger partial charge >= 0.3 is 6.03 Å². The lowest BCUT2D eigenvalue weighted by molar-refractivity contribution is 0.232. The van der Waals surface area contributed by atoms with Gasteiger partial charge in [0.25, 0.3) is 0 Å². The number of hydrogen-bond donors (Lipinski definition) is 4. The number of aromatic nitrogens is 1. The highest BCUT2D eigenvalue weighted by Gasteiger charge is 2.24. The van der Waals surface area contributed by atoms with Gasteiger partial charge in [-0.25, -0.2) is 9.78 Å². The Kier molecular flexibility index (Phi) is 5.06. The lowest BCUT2D eigenvalue weighted by Gasteiger charge is -2.21. The first-order valence-corrected chi connectivity index (χ1v) is 9.08. The largest absolute Gasteiger partial charge is 0.382 e. The van der Waals surface area contributed by atoms with Crippen LogP contribution < -0.4 is 26.6 Å². The molecule has 1 aromatic heterocycles. The molecule has 0 radical (unpaired) electrons. The average Bonchev–Trinajstić information content (AvgIpc) is 2.98. The Hall–Kier alpha value is -2.70. The van der Waals surface area contributed by atoms with Crippen molar-refractivity contribution < 1.29 is 4.79 Å². The molecule has 1 aromatic carbocycles. The quantitative estimate of drug-likeness (QED) is 0.618. The molecule has 2 aromatic rings. The van der Waals surface area contributed by atoms with Crippen molar-refractivity contribution in [2.24, 2.45) is 0 Å². The first kappa shape index (κ1) is 18.1. The number of nitrogens with two attached hydrogens (primary N) is 1. The minimum Gasteiger partial charge on any atom is -0.382 e. The molecule has 1 aliphatic heterocycles. The molecule has 26 heavy (non-hydrogen) atoms. The Morgan fingerprint density at radius 2 is 2.08 bits per heavy atom. The first-order chi connectivity index (χ1) is 12.3. The zero-order chi connectivity index (χ0) is 18.7. The second kappa shape index (κ2) is 7.27. The van der Waals surface area contributed by atoms with Crippen LogP contribution in [0.25, 0.3) is 10.9 Å². The maximum Gasteiger partial charge on any atom is 0.315 e. The van der Waals surface area contributed by atoms with Gasteiger partial charge in [-0.2, -0.15) is 0 Å². The standard InChI is InChI=1S/C19H28N6O/c1-19(2,3)24-18(26)21-10-6-7-11-25-12-22-15-16(25)13-8-4-5-9-14(13)23-17(15)20/h4-5,8-9,22H,6-7,10-12H2,1-3H3,(H2,20,23)(H2,21,24,26). The van der Waals surface area contributed by atoms with Gasteiger partial charge in [-0.3, -0.25) is 0 Å². The number of carbonyl (C=O) groups excluding carboxylic acids is 1. The van der Waals surface area contributed by atoms with Crippen LogP contribution in [0.2, 0.25) is 0 Å². The molecule has 7 nitrogen and oxygen atoms in total. The number of amides is 2. The van der Waals surface area contributed by atoms with Gasteiger partial charge in [-0.05, 0) is 39.7 Å². The van der Waals surface area contributed by atoms with E-state index in [4.69, 9.17) is 5.73 Å². The fraction of sp³-hybridized carbons (Fsp3) is 0.474. The van der Waals surface area contributed by atoms with Crippen LogP contribution in [-0.4, -0.2) is 36.3 Å². The monoisotopic (exact) mass is 356 g/mol. The van der Waals surface area contributed by atoms with Gasteiger partial charge in [0.1, 0.15) is 11.5 Å². The van der Waals surface area contributed by atoms with E-state index in [9.17, 15) is 4.79 Å². The lowest BCUT2D eigenvalue weighted by atomic mass is 10.1. The molecule has 1 aliphatic rings. The highest BCUT2D eigenvalue weighted by atomic mass is 16.2. The van der Waals surface area contributed by atoms with Crippen LogP contribution in [0.1, 0.15) is 33.6 Å². The van der Waals surface area contributed by atoms with Crippen molar-refractivity contribution in [2.75, 3.05) is 35.7 Å². The molecule has 0 aliphatic carbocycles. The molecule has 140 valence electrons. The van der Waals surface area contributed by atoms with Crippen LogP contribution >= 0.6 is 0 Å². The third-order valence-corrected chi connectivity index (χ3v) is 4.28. The van der Waals surface area contributed by atoms with E-state index < -0.39 is 0 Å². The molecule has 5 N–H and O–H groups in total. The van der Waals surface area contributed by atoms with E-state index in [0.29, 0.717) is 12.4 Å². The number of nitrogen functional groups attached to an aromatic ring is 1. The Labute approximate surface area is 154 Å². The Morgan fingerprint density at radius 1 is 1.31 bits per heavy atom. The summed E-state index contributed by atoms with van der Waals surface area (Å²) in [6, 6.07) is 7.95. The zero-order valence-electron chi connectivity index (χ0n) is 15.7. The zero-order valence-corrected chi connectivity index (χ0v) is 15.7. The Bertz CT molecular complexity index is 798. The molecule has 7 heteroatoms. The van der Waals surface area contributed by atoms with Crippen LogP contribution in [-0.2, 0) is 0 Å². The normalized spacial score (nSPS) is 13.4. The van der Waals surface area contributed by atoms with Crippen molar-refractivity contribution in [1.82, 2.24) is 15.6 Å². The number of urea groups is 1. The summed E-state index contributed by atoms with van der Waals surface area (Å²) in [5, 5.41) is 10.3. The molecule has 0 bridgehead atoms. The molecule has 0 fully saturated rings. The molecule has 2 amide bonds. The topological polar surface area (TPSA) is 95.3 Å². The predicted octanol–water partition coefficient (Wildman–Crippen LogP) is 2.88. The molecule has 2 heterocycles. The summed E-state index contributed by atoms with van der Waals surface area (Å²) < 4.78 is 0. The molecule has 0 saturated heterocycles. The molecule has 0 spiro atoms. The summed E-state index contributed by atoms with van der Waals surface area (Å²) in [5.41, 5.74) is 8.86. The highest BCUT2D eigenvalue weighted by Crippen LogP contribution is 2.40. The van der Waals surface area contributed by atoms with E-state index in [0.717, 1.165) is 48.3 Å². The SMILES string of the molecule is CC(C)(C)NC(=O)NCCCCN1CNc2c(N)nc3ccccc3c21. The summed E-state index contributed by atoms with van der Waals surface area (Å²) in [7, 11) is 0. The van der Waals surface area contributed by atoms with E-state index in [1.807, 2.05) is 39.0 Å². The maximum absolute atomic E-state index is 11.8. The number of carbonyl (C=O) groups is 1. The van der Waals surface area contributed by atoms with Gasteiger partial charge in [-0.1, -0.05) is 18.2 Å². The van der Waals surface area contributed by atoms with E-state index in [-0.39, 0.29) is 11.6 Å². The van der Waals surface area contributed by atoms with Crippen molar-refractivity contribution in [3.8, 4) is 0 Å². The van der Waals surface area contributed by atoms with Gasteiger partial charge < -0.3 is 26.6 Å². The van der Waals surface area contributed by atoms with Crippen molar-refractivity contribution in [3.63, 3.8) is 0 Å². The van der Waals surface area contributed by atoms with Gasteiger partial charge in [-0.15, -0.1) is 0 Å². The molecule has 0 atom stereocenters. The number of para-hydroxylation sites is 1. The Balaban J connectivity index is 1.55. The van der Waals surface area contributed by atoms with E-state index in [1.54, 1.807) is 0 Å². The third-order valence-electron chi connectivity index (χ3n) is 4.28. The molecule has 3 rings (SSSR count). The number of rotatable bonds is 5. The fourth-order valence-electron chi connectivity index (χ4n) is 3.17. The fourth-order valence-corrected chi connectivity index (χ4v) is 3.17. The summed E-state index contributed by atoms with van der Waals surface area (Å²) in [4.78, 5) is 18.5. The van der Waals surface area contributed by atoms with Crippen LogP contribution in [0.5, 0.6) is 0 Å². The van der Waals surface area contributed by atoms with E-state index in [1.165, 1.54) is 0 Å². The van der Waals surface area contributed by atoms with Crippen LogP contribution in [0, 0.1) is 0 Å². The smallest absolute Gasteiger partial charge is 0.315 e. The van der Waals surface area contributed by atoms with Gasteiger partial charge in [0.2, 0.25) is 0 Å². The second-order valence-electron chi connectivity index (χ2n) is 7.67. The van der Waals surface area contributed by atoms with Crippen LogP contribution in [0.15, 0.2) is 24.3 Å². The summed E-state index contributed by atoms with van der Waals surface area (Å²) in [6.45, 7) is 8.19. The first-order valence-electron chi connectivity index (χ1n) is 9.08. The van der Waals surface area contributed by atoms with Crippen LogP contribution in [0.3, 0.4) is 0 Å². The number of nitrogens with zero attached hydrogens (tertiary/aromatic N) is 2. The van der Waals surface area contributed by atoms with Crippen molar-refractivity contribution in [1.29, 1.82) is 0 Å². The predicted molar refractivity (Wildman–Crippen MR) is 108 cm³/mol. The number of nitrogens with one attached hydrogen (secondary N) is 3. The average molecular weight is 356 g/mol. The second-order valence-corrected chi connectivity index (χ2v) is 7.67. The van der Waals surface area contributed by atoms with E-state index in [2.05, 4.69) is 31.9 Å². The number of pyridine rings is 1. The van der Waals surface area contributed by atoms with Crippen molar-refractivity contribution in [2.45, 2.75) is 39.2 Å². The van der Waals surface area contributed by atoms with Crippen molar-refractivity contribution >= 4 is 34.1 Å². The number of anilines is 3.